The van der Waals surface area contributed by atoms with Gasteiger partial charge in [0.1, 0.15) is 5.83 Å². The molecule has 0 N–H and O–H groups in total. The first kappa shape index (κ1) is 16.8. The Hall–Kier alpha value is -0.603. The summed E-state index contributed by atoms with van der Waals surface area (Å²) in [6.07, 6.45) is 6.89. The predicted octanol–water partition coefficient (Wildman–Crippen LogP) is 6.49. The second kappa shape index (κ2) is 8.75. The summed E-state index contributed by atoms with van der Waals surface area (Å²) in [4.78, 5) is 0. The lowest BCUT2D eigenvalue weighted by molar-refractivity contribution is 0.603. The van der Waals surface area contributed by atoms with Gasteiger partial charge >= 0.3 is 0 Å². The van der Waals surface area contributed by atoms with Crippen LogP contribution in [0.4, 0.5) is 4.39 Å². The second-order valence-electron chi connectivity index (χ2n) is 6.29. The van der Waals surface area contributed by atoms with Gasteiger partial charge in [-0.1, -0.05) is 80.2 Å². The summed E-state index contributed by atoms with van der Waals surface area (Å²) in [6, 6.07) is 12.4. The average molecular weight is 325 g/mol. The van der Waals surface area contributed by atoms with Crippen LogP contribution in [0, 0.1) is 0 Å². The summed E-state index contributed by atoms with van der Waals surface area (Å²) in [5.74, 6) is 0.340. The van der Waals surface area contributed by atoms with E-state index in [-0.39, 0.29) is 5.83 Å². The van der Waals surface area contributed by atoms with E-state index in [4.69, 9.17) is 11.6 Å². The largest absolute Gasteiger partial charge is 0.205 e. The highest BCUT2D eigenvalue weighted by Crippen LogP contribution is 2.35. The first-order valence-electron chi connectivity index (χ1n) is 8.30. The van der Waals surface area contributed by atoms with E-state index in [0.29, 0.717) is 11.5 Å². The highest BCUT2D eigenvalue weighted by Gasteiger charge is 2.22. The van der Waals surface area contributed by atoms with E-state index in [2.05, 4.69) is 19.1 Å². The molecule has 3 heteroatoms. The van der Waals surface area contributed by atoms with Gasteiger partial charge in [0.25, 0.3) is 0 Å². The molecule has 1 aromatic carbocycles. The predicted molar refractivity (Wildman–Crippen MR) is 94.5 cm³/mol. The zero-order chi connectivity index (χ0) is 15.1. The molecule has 0 amide bonds. The van der Waals surface area contributed by atoms with Crippen LogP contribution in [-0.2, 0) is 0 Å². The minimum absolute atomic E-state index is 0.352. The Balaban J connectivity index is 1.84. The highest BCUT2D eigenvalue weighted by atomic mass is 35.5. The third-order valence-corrected chi connectivity index (χ3v) is 8.53. The third kappa shape index (κ3) is 4.96. The maximum Gasteiger partial charge on any atom is 0.141 e. The van der Waals surface area contributed by atoms with Crippen LogP contribution in [0.5, 0.6) is 0 Å². The van der Waals surface area contributed by atoms with E-state index in [0.717, 1.165) is 5.54 Å². The van der Waals surface area contributed by atoms with Crippen LogP contribution in [0.1, 0.15) is 56.1 Å². The van der Waals surface area contributed by atoms with Gasteiger partial charge in [-0.3, -0.25) is 0 Å². The standard InChI is InChI=1S/C18H26ClFSi/c1-2-3-4-11-21-12-9-16(10-13-21)15-5-7-17(8-6-15)18(20)14-19/h5-8,14,16,21H,2-4,9-13H2,1H3/t16-,21-. The molecule has 1 aliphatic heterocycles. The van der Waals surface area contributed by atoms with Crippen LogP contribution in [-0.4, -0.2) is 8.80 Å². The molecule has 0 aliphatic carbocycles. The van der Waals surface area contributed by atoms with E-state index in [1.165, 1.54) is 49.8 Å². The highest BCUT2D eigenvalue weighted by molar-refractivity contribution is 6.59. The summed E-state index contributed by atoms with van der Waals surface area (Å²) in [7, 11) is -0.438. The molecule has 1 fully saturated rings. The van der Waals surface area contributed by atoms with Crippen LogP contribution >= 0.6 is 11.6 Å². The van der Waals surface area contributed by atoms with Gasteiger partial charge in [0.15, 0.2) is 0 Å². The van der Waals surface area contributed by atoms with Crippen molar-refractivity contribution in [1.82, 2.24) is 0 Å². The van der Waals surface area contributed by atoms with Gasteiger partial charge in [-0.2, -0.15) is 0 Å². The zero-order valence-corrected chi connectivity index (χ0v) is 14.9. The van der Waals surface area contributed by atoms with E-state index in [1.807, 2.05) is 12.1 Å². The summed E-state index contributed by atoms with van der Waals surface area (Å²) in [5.41, 5.74) is 2.96. The number of hydrogen-bond donors (Lipinski definition) is 0. The molecule has 0 atom stereocenters. The fourth-order valence-electron chi connectivity index (χ4n) is 3.44. The van der Waals surface area contributed by atoms with Gasteiger partial charge in [0.2, 0.25) is 0 Å². The molecular formula is C18H26ClFSi. The molecule has 1 aromatic rings. The number of halogens is 2. The summed E-state index contributed by atoms with van der Waals surface area (Å²) >= 11 is 5.41. The molecule has 0 radical (unpaired) electrons. The Bertz CT molecular complexity index is 447. The van der Waals surface area contributed by atoms with Gasteiger partial charge in [-0.15, -0.1) is 0 Å². The van der Waals surface area contributed by atoms with Crippen molar-refractivity contribution < 1.29 is 4.39 Å². The SMILES string of the molecule is CCCCC[Si@H]1CC[C@H](c2ccc(C(F)=CCl)cc2)CC1. The molecule has 1 aliphatic rings. The molecule has 2 rings (SSSR count). The van der Waals surface area contributed by atoms with Crippen molar-refractivity contribution in [1.29, 1.82) is 0 Å². The Kier molecular flexibility index (Phi) is 6.98. The van der Waals surface area contributed by atoms with E-state index in [9.17, 15) is 4.39 Å². The smallest absolute Gasteiger partial charge is 0.141 e. The topological polar surface area (TPSA) is 0 Å². The molecular weight excluding hydrogens is 299 g/mol. The minimum atomic E-state index is -0.438. The molecule has 21 heavy (non-hydrogen) atoms. The molecule has 0 saturated carbocycles. The third-order valence-electron chi connectivity index (χ3n) is 4.82. The molecule has 0 spiro atoms. The Morgan fingerprint density at radius 1 is 1.24 bits per heavy atom. The molecule has 0 unspecified atom stereocenters. The lowest BCUT2D eigenvalue weighted by Gasteiger charge is -2.28. The number of benzene rings is 1. The lowest BCUT2D eigenvalue weighted by atomic mass is 9.93. The molecule has 0 aromatic heterocycles. The zero-order valence-electron chi connectivity index (χ0n) is 13.0. The van der Waals surface area contributed by atoms with Crippen molar-refractivity contribution in [2.75, 3.05) is 0 Å². The van der Waals surface area contributed by atoms with E-state index >= 15 is 0 Å². The number of rotatable bonds is 6. The molecule has 0 bridgehead atoms. The van der Waals surface area contributed by atoms with Crippen LogP contribution in [0.25, 0.3) is 5.83 Å². The number of unbranched alkanes of at least 4 members (excludes halogenated alkanes) is 2. The van der Waals surface area contributed by atoms with Gasteiger partial charge in [-0.05, 0) is 24.3 Å². The molecule has 1 heterocycles. The normalized spacial score (nSPS) is 23.3. The van der Waals surface area contributed by atoms with Gasteiger partial charge < -0.3 is 0 Å². The van der Waals surface area contributed by atoms with Gasteiger partial charge in [-0.25, -0.2) is 4.39 Å². The quantitative estimate of drug-likeness (QED) is 0.414. The maximum atomic E-state index is 13.4. The van der Waals surface area contributed by atoms with Crippen LogP contribution in [0.15, 0.2) is 29.8 Å². The minimum Gasteiger partial charge on any atom is -0.205 e. The fourth-order valence-corrected chi connectivity index (χ4v) is 7.05. The Morgan fingerprint density at radius 2 is 1.90 bits per heavy atom. The second-order valence-corrected chi connectivity index (χ2v) is 9.97. The molecule has 116 valence electrons. The lowest BCUT2D eigenvalue weighted by Crippen LogP contribution is -2.20. The molecule has 0 nitrogen and oxygen atoms in total. The number of hydrogen-bond acceptors (Lipinski definition) is 0. The van der Waals surface area contributed by atoms with Crippen LogP contribution < -0.4 is 0 Å². The fraction of sp³-hybridized carbons (Fsp3) is 0.556. The molecule has 1 saturated heterocycles. The van der Waals surface area contributed by atoms with Gasteiger partial charge in [0, 0.05) is 19.9 Å². The maximum absolute atomic E-state index is 13.4. The Morgan fingerprint density at radius 3 is 2.48 bits per heavy atom. The van der Waals surface area contributed by atoms with Crippen LogP contribution in [0.3, 0.4) is 0 Å². The monoisotopic (exact) mass is 324 g/mol. The van der Waals surface area contributed by atoms with Gasteiger partial charge in [0.05, 0.1) is 0 Å². The van der Waals surface area contributed by atoms with Crippen LogP contribution in [0.2, 0.25) is 18.1 Å². The Labute approximate surface area is 135 Å². The van der Waals surface area contributed by atoms with E-state index in [1.54, 1.807) is 6.04 Å². The first-order chi connectivity index (χ1) is 10.2. The van der Waals surface area contributed by atoms with Crippen molar-refractivity contribution >= 4 is 26.2 Å². The summed E-state index contributed by atoms with van der Waals surface area (Å²) in [5, 5.41) is 0. The first-order valence-corrected chi connectivity index (χ1v) is 11.2. The van der Waals surface area contributed by atoms with Crippen molar-refractivity contribution in [2.24, 2.45) is 0 Å². The average Bonchev–Trinajstić information content (AvgIpc) is 2.55. The van der Waals surface area contributed by atoms with Crippen molar-refractivity contribution in [3.8, 4) is 0 Å². The van der Waals surface area contributed by atoms with Crippen molar-refractivity contribution in [3.63, 3.8) is 0 Å². The summed E-state index contributed by atoms with van der Waals surface area (Å²) < 4.78 is 13.4. The summed E-state index contributed by atoms with van der Waals surface area (Å²) in [6.45, 7) is 2.28. The van der Waals surface area contributed by atoms with Crippen molar-refractivity contribution in [3.05, 3.63) is 40.9 Å². The van der Waals surface area contributed by atoms with E-state index < -0.39 is 8.80 Å². The van der Waals surface area contributed by atoms with Crippen molar-refractivity contribution in [2.45, 2.75) is 63.1 Å².